The molecule has 0 saturated carbocycles. The molecule has 1 N–H and O–H groups in total. The number of rotatable bonds is 18. The number of thiazole rings is 1. The fraction of sp³-hybridized carbons (Fsp3) is 0.639. The smallest absolute Gasteiger partial charge is 0.270 e. The Hall–Kier alpha value is -2.56. The van der Waals surface area contributed by atoms with E-state index in [1.165, 1.54) is 11.3 Å². The van der Waals surface area contributed by atoms with Crippen LogP contribution in [-0.4, -0.2) is 77.4 Å². The first-order chi connectivity index (χ1) is 22.2. The second-order valence-corrected chi connectivity index (χ2v) is 15.0. The number of carbonyl (C=O) groups is 4. The first-order valence-electron chi connectivity index (χ1n) is 17.2. The van der Waals surface area contributed by atoms with Crippen molar-refractivity contribution in [3.05, 3.63) is 45.9 Å². The van der Waals surface area contributed by atoms with Crippen molar-refractivity contribution in [2.45, 2.75) is 109 Å². The highest BCUT2D eigenvalue weighted by Gasteiger charge is 2.36. The van der Waals surface area contributed by atoms with Gasteiger partial charge in [0.1, 0.15) is 12.0 Å². The van der Waals surface area contributed by atoms with E-state index in [1.54, 1.807) is 11.4 Å². The number of nitrogens with zero attached hydrogens (tertiary/aromatic N) is 3. The number of likely N-dealkylation sites (tertiary alicyclic amines) is 1. The zero-order chi connectivity index (χ0) is 34.8. The summed E-state index contributed by atoms with van der Waals surface area (Å²) in [4.78, 5) is 61.1. The lowest BCUT2D eigenvalue weighted by molar-refractivity contribution is -0.142. The van der Waals surface area contributed by atoms with E-state index in [-0.39, 0.29) is 65.8 Å². The van der Waals surface area contributed by atoms with Crippen molar-refractivity contribution in [3.8, 4) is 0 Å². The van der Waals surface area contributed by atoms with Crippen LogP contribution in [0.1, 0.15) is 95.6 Å². The summed E-state index contributed by atoms with van der Waals surface area (Å²) in [6, 6.07) is 5.26. The lowest BCUT2D eigenvalue weighted by Crippen LogP contribution is -2.46. The summed E-state index contributed by atoms with van der Waals surface area (Å²) in [6.45, 7) is 11.1. The van der Waals surface area contributed by atoms with Gasteiger partial charge in [-0.3, -0.25) is 19.3 Å². The fourth-order valence-corrected chi connectivity index (χ4v) is 7.59. The second kappa shape index (κ2) is 18.1. The average Bonchev–Trinajstić information content (AvgIpc) is 3.69. The number of amides is 2. The van der Waals surface area contributed by atoms with Crippen molar-refractivity contribution in [1.82, 2.24) is 20.1 Å². The number of likely N-dealkylation sites (N-methyl/N-ethyl adjacent to an activating group) is 1. The van der Waals surface area contributed by atoms with Crippen LogP contribution in [0.4, 0.5) is 0 Å². The molecule has 254 valence electrons. The topological polar surface area (TPSA) is 99.7 Å². The van der Waals surface area contributed by atoms with E-state index < -0.39 is 0 Å². The highest BCUT2D eigenvalue weighted by Crippen LogP contribution is 2.28. The van der Waals surface area contributed by atoms with Crippen molar-refractivity contribution in [2.75, 3.05) is 20.6 Å². The number of hydrogen-bond acceptors (Lipinski definition) is 8. The van der Waals surface area contributed by atoms with Crippen LogP contribution in [-0.2, 0) is 27.2 Å². The van der Waals surface area contributed by atoms with Crippen LogP contribution in [0.15, 0.2) is 34.5 Å². The van der Waals surface area contributed by atoms with E-state index in [1.807, 2.05) is 38.1 Å². The van der Waals surface area contributed by atoms with Gasteiger partial charge in [-0.2, -0.15) is 0 Å². The molecule has 1 aromatic carbocycles. The minimum Gasteiger partial charge on any atom is -0.348 e. The summed E-state index contributed by atoms with van der Waals surface area (Å²) < 4.78 is 7.87. The molecule has 10 heteroatoms. The molecule has 6 unspecified atom stereocenters. The molecule has 0 spiro atoms. The first-order valence-corrected chi connectivity index (χ1v) is 18.1. The van der Waals surface area contributed by atoms with Gasteiger partial charge >= 0.3 is 0 Å². The monoisotopic (exact) mass is 672 g/mol. The Kier molecular flexibility index (Phi) is 14.3. The summed E-state index contributed by atoms with van der Waals surface area (Å²) >= 11 is 5.79. The van der Waals surface area contributed by atoms with Gasteiger partial charge in [-0.05, 0) is 75.2 Å². The minimum atomic E-state index is -0.345. The van der Waals surface area contributed by atoms with Gasteiger partial charge in [0.15, 0.2) is 5.78 Å². The summed E-state index contributed by atoms with van der Waals surface area (Å²) in [5, 5.41) is 5.65. The quantitative estimate of drug-likeness (QED) is 0.146. The Bertz CT molecular complexity index is 1370. The Morgan fingerprint density at radius 1 is 1.28 bits per heavy atom. The van der Waals surface area contributed by atoms with Gasteiger partial charge < -0.3 is 15.0 Å². The van der Waals surface area contributed by atoms with Crippen molar-refractivity contribution < 1.29 is 20.5 Å². The number of benzene rings is 1. The van der Waals surface area contributed by atoms with E-state index in [9.17, 15) is 19.2 Å². The molecule has 0 bridgehead atoms. The van der Waals surface area contributed by atoms with Gasteiger partial charge in [0, 0.05) is 54.1 Å². The van der Waals surface area contributed by atoms with E-state index in [0.717, 1.165) is 42.7 Å². The van der Waals surface area contributed by atoms with Crippen LogP contribution in [0.3, 0.4) is 0 Å². The van der Waals surface area contributed by atoms with E-state index in [2.05, 4.69) is 55.5 Å². The normalized spacial score (nSPS) is 18.8. The number of thiol groups is 1. The van der Waals surface area contributed by atoms with Gasteiger partial charge in [0.25, 0.3) is 5.91 Å². The van der Waals surface area contributed by atoms with Gasteiger partial charge in [-0.15, -0.1) is 24.0 Å². The number of ketones is 1. The highest BCUT2D eigenvalue weighted by molar-refractivity contribution is 7.80. The van der Waals surface area contributed by atoms with Crippen LogP contribution < -0.4 is 5.32 Å². The molecule has 1 aliphatic heterocycles. The molecular weight excluding hydrogens is 617 g/mol. The van der Waals surface area contributed by atoms with Gasteiger partial charge in [-0.25, -0.2) is 4.98 Å². The van der Waals surface area contributed by atoms with Gasteiger partial charge in [-0.1, -0.05) is 53.2 Å². The summed E-state index contributed by atoms with van der Waals surface area (Å²) in [5.74, 6) is -0.363. The van der Waals surface area contributed by atoms with Gasteiger partial charge in [0.2, 0.25) is 5.91 Å². The molecule has 8 nitrogen and oxygen atoms in total. The number of hydrogen-bond donors (Lipinski definition) is 2. The third-order valence-electron chi connectivity index (χ3n) is 9.57. The number of Topliss-reactive ketones (excluding diaryl/α,β-unsaturated/α-hetero) is 1. The van der Waals surface area contributed by atoms with E-state index in [0.29, 0.717) is 42.3 Å². The lowest BCUT2D eigenvalue weighted by atomic mass is 9.84. The molecule has 0 radical (unpaired) electrons. The molecular formula is C36H54N4O4S2. The third-order valence-corrected chi connectivity index (χ3v) is 10.7. The molecule has 1 fully saturated rings. The molecule has 3 rings (SSSR count). The molecule has 2 amide bonds. The predicted molar refractivity (Wildman–Crippen MR) is 189 cm³/mol. The van der Waals surface area contributed by atoms with Crippen LogP contribution in [0.5, 0.6) is 0 Å². The van der Waals surface area contributed by atoms with Crippen molar-refractivity contribution in [3.63, 3.8) is 0 Å². The number of carbonyl (C=O) groups excluding carboxylic acids is 4. The first kappa shape index (κ1) is 36.3. The second-order valence-electron chi connectivity index (χ2n) is 13.5. The zero-order valence-corrected chi connectivity index (χ0v) is 30.3. The van der Waals surface area contributed by atoms with E-state index in [4.69, 9.17) is 1.37 Å². The molecule has 1 aromatic heterocycles. The maximum absolute atomic E-state index is 14.0. The number of nitrogens with one attached hydrogen (secondary N) is 1. The SMILES string of the molecule is [3H]c1ccc(CC(CC(C)C=O)NC(=O)c2csc(CCC(C(C)C)N(C)C(=O)C(CC(=O)C3CCCN3C)C(C)CC)n2)cc1S. The zero-order valence-electron chi connectivity index (χ0n) is 29.6. The molecule has 1 aliphatic rings. The minimum absolute atomic E-state index is 0.0317. The Morgan fingerprint density at radius 2 is 2.02 bits per heavy atom. The maximum atomic E-state index is 14.0. The van der Waals surface area contributed by atoms with Crippen LogP contribution >= 0.6 is 24.0 Å². The van der Waals surface area contributed by atoms with Crippen molar-refractivity contribution >= 4 is 47.8 Å². The number of aryl methyl sites for hydroxylation is 1. The number of aromatic nitrogens is 1. The Morgan fingerprint density at radius 3 is 2.63 bits per heavy atom. The predicted octanol–water partition coefficient (Wildman–Crippen LogP) is 6.13. The molecule has 46 heavy (non-hydrogen) atoms. The summed E-state index contributed by atoms with van der Waals surface area (Å²) in [5.41, 5.74) is 1.26. The average molecular weight is 673 g/mol. The molecule has 6 atom stereocenters. The van der Waals surface area contributed by atoms with Crippen molar-refractivity contribution in [2.24, 2.45) is 23.7 Å². The molecule has 2 heterocycles. The van der Waals surface area contributed by atoms with Crippen LogP contribution in [0.25, 0.3) is 0 Å². The van der Waals surface area contributed by atoms with Crippen molar-refractivity contribution in [1.29, 1.82) is 0 Å². The van der Waals surface area contributed by atoms with Crippen LogP contribution in [0.2, 0.25) is 0 Å². The largest absolute Gasteiger partial charge is 0.348 e. The van der Waals surface area contributed by atoms with Gasteiger partial charge in [0.05, 0.1) is 12.4 Å². The molecule has 2 aromatic rings. The standard InChI is InChI=1S/C36H54N4O4S2/c1-8-25(5)29(20-33(42)32-13-10-16-39(32)6)36(44)40(7)31(23(2)3)14-15-34-38-30(22-46-34)35(43)37-27(17-24(4)21-41)18-26-11-9-12-28(45)19-26/h9,11-12,19,21-25,27,29,31-32,45H,8,10,13-18,20H2,1-7H3,(H,37,43)/i12T. The number of aldehydes is 1. The highest BCUT2D eigenvalue weighted by atomic mass is 32.1. The Labute approximate surface area is 286 Å². The molecule has 1 saturated heterocycles. The summed E-state index contributed by atoms with van der Waals surface area (Å²) in [7, 11) is 3.86. The van der Waals surface area contributed by atoms with Crippen LogP contribution in [0, 0.1) is 23.7 Å². The molecule has 0 aliphatic carbocycles. The van der Waals surface area contributed by atoms with E-state index >= 15 is 0 Å². The fourth-order valence-electron chi connectivity index (χ4n) is 6.55. The third kappa shape index (κ3) is 10.7. The maximum Gasteiger partial charge on any atom is 0.270 e. The lowest BCUT2D eigenvalue weighted by Gasteiger charge is -2.35. The Balaban J connectivity index is 1.66. The summed E-state index contributed by atoms with van der Waals surface area (Å²) in [6.07, 6.45) is 6.18.